The molecule has 0 bridgehead atoms. The van der Waals surface area contributed by atoms with E-state index in [0.29, 0.717) is 29.9 Å². The van der Waals surface area contributed by atoms with E-state index >= 15 is 0 Å². The summed E-state index contributed by atoms with van der Waals surface area (Å²) in [6, 6.07) is 8.05. The van der Waals surface area contributed by atoms with Crippen LogP contribution in [0.15, 0.2) is 42.6 Å². The van der Waals surface area contributed by atoms with Crippen molar-refractivity contribution in [1.82, 2.24) is 23.9 Å². The van der Waals surface area contributed by atoms with Crippen LogP contribution >= 0.6 is 0 Å². The van der Waals surface area contributed by atoms with Crippen LogP contribution in [0.25, 0.3) is 27.7 Å². The van der Waals surface area contributed by atoms with E-state index in [0.717, 1.165) is 22.2 Å². The number of rotatable bonds is 8. The number of carbonyl (C=O) groups excluding carboxylic acids is 1. The van der Waals surface area contributed by atoms with Crippen molar-refractivity contribution in [3.63, 3.8) is 0 Å². The average Bonchev–Trinajstić information content (AvgIpc) is 3.28. The van der Waals surface area contributed by atoms with Crippen LogP contribution < -0.4 is 9.46 Å². The Morgan fingerprint density at radius 2 is 2.06 bits per heavy atom. The highest BCUT2D eigenvalue weighted by atomic mass is 32.2. The van der Waals surface area contributed by atoms with Gasteiger partial charge in [-0.15, -0.1) is 0 Å². The third-order valence-corrected chi connectivity index (χ3v) is 7.26. The van der Waals surface area contributed by atoms with Gasteiger partial charge in [0.15, 0.2) is 0 Å². The average molecular weight is 518 g/mol. The molecule has 4 rings (SSSR count). The topological polar surface area (TPSA) is 117 Å². The van der Waals surface area contributed by atoms with E-state index in [9.17, 15) is 17.6 Å². The molecule has 36 heavy (non-hydrogen) atoms. The molecule has 0 fully saturated rings. The van der Waals surface area contributed by atoms with E-state index in [1.807, 2.05) is 29.8 Å². The molecule has 0 unspecified atom stereocenters. The number of ether oxygens (including phenoxy) is 2. The first-order chi connectivity index (χ1) is 17.2. The number of nitrogens with zero attached hydrogens (tertiary/aromatic N) is 3. The van der Waals surface area contributed by atoms with Crippen LogP contribution in [0.4, 0.5) is 9.18 Å². The summed E-state index contributed by atoms with van der Waals surface area (Å²) in [6.45, 7) is 0.829. The number of nitrogens with one attached hydrogen (secondary N) is 2. The van der Waals surface area contributed by atoms with E-state index in [1.165, 1.54) is 23.5 Å². The largest absolute Gasteiger partial charge is 0.496 e. The number of carbonyl (C=O) groups is 1. The van der Waals surface area contributed by atoms with Crippen LogP contribution in [-0.2, 0) is 14.9 Å². The molecule has 1 amide bonds. The summed E-state index contributed by atoms with van der Waals surface area (Å²) in [5.41, 5.74) is 3.68. The molecular formula is C24H28FN5O5S. The van der Waals surface area contributed by atoms with E-state index < -0.39 is 16.3 Å². The number of H-pyrrole nitrogens is 1. The highest BCUT2D eigenvalue weighted by Gasteiger charge is 2.27. The molecule has 1 aromatic carbocycles. The maximum Gasteiger partial charge on any atom is 0.421 e. The summed E-state index contributed by atoms with van der Waals surface area (Å²) in [5, 5.41) is 0.787. The molecule has 2 N–H and O–H groups in total. The normalized spacial score (nSPS) is 14.6. The Morgan fingerprint density at radius 3 is 2.75 bits per heavy atom. The lowest BCUT2D eigenvalue weighted by molar-refractivity contribution is 0.142. The summed E-state index contributed by atoms with van der Waals surface area (Å²) in [7, 11) is 1.13. The van der Waals surface area contributed by atoms with E-state index in [-0.39, 0.29) is 25.5 Å². The molecule has 0 spiro atoms. The zero-order valence-corrected chi connectivity index (χ0v) is 21.1. The Balaban J connectivity index is 1.51. The quantitative estimate of drug-likeness (QED) is 0.472. The molecular weight excluding hydrogens is 489 g/mol. The molecule has 12 heteroatoms. The first-order valence-electron chi connectivity index (χ1n) is 11.3. The molecule has 1 aliphatic heterocycles. The molecule has 3 heterocycles. The van der Waals surface area contributed by atoms with Gasteiger partial charge < -0.3 is 19.4 Å². The van der Waals surface area contributed by atoms with Crippen molar-refractivity contribution in [2.24, 2.45) is 0 Å². The molecule has 0 radical (unpaired) electrons. The van der Waals surface area contributed by atoms with Gasteiger partial charge in [-0.2, -0.15) is 12.7 Å². The maximum atomic E-state index is 14.0. The number of methoxy groups -OCH3 is 1. The van der Waals surface area contributed by atoms with Gasteiger partial charge in [-0.05, 0) is 62.0 Å². The molecule has 0 atom stereocenters. The summed E-state index contributed by atoms with van der Waals surface area (Å²) in [4.78, 5) is 21.3. The minimum atomic E-state index is -4.04. The van der Waals surface area contributed by atoms with Gasteiger partial charge in [0.1, 0.15) is 23.8 Å². The van der Waals surface area contributed by atoms with Crippen molar-refractivity contribution in [1.29, 1.82) is 0 Å². The molecule has 0 saturated carbocycles. The molecule has 10 nitrogen and oxygen atoms in total. The summed E-state index contributed by atoms with van der Waals surface area (Å²) < 4.78 is 52.6. The van der Waals surface area contributed by atoms with Crippen LogP contribution in [0, 0.1) is 5.82 Å². The molecule has 0 saturated heterocycles. The second-order valence-corrected chi connectivity index (χ2v) is 10.2. The van der Waals surface area contributed by atoms with Crippen molar-refractivity contribution < 1.29 is 27.1 Å². The Labute approximate surface area is 208 Å². The van der Waals surface area contributed by atoms with Gasteiger partial charge >= 0.3 is 16.3 Å². The van der Waals surface area contributed by atoms with Crippen molar-refractivity contribution in [3.8, 4) is 16.9 Å². The van der Waals surface area contributed by atoms with Gasteiger partial charge in [-0.3, -0.25) is 0 Å². The fraction of sp³-hybridized carbons (Fsp3) is 0.333. The fourth-order valence-electron chi connectivity index (χ4n) is 3.96. The monoisotopic (exact) mass is 517 g/mol. The third kappa shape index (κ3) is 5.66. The highest BCUT2D eigenvalue weighted by molar-refractivity contribution is 7.87. The maximum absolute atomic E-state index is 14.0. The lowest BCUT2D eigenvalue weighted by atomic mass is 10.0. The van der Waals surface area contributed by atoms with Crippen LogP contribution in [0.2, 0.25) is 0 Å². The zero-order chi connectivity index (χ0) is 25.9. The van der Waals surface area contributed by atoms with Crippen molar-refractivity contribution in [2.75, 3.05) is 47.4 Å². The van der Waals surface area contributed by atoms with Gasteiger partial charge in [0.2, 0.25) is 0 Å². The molecule has 0 aliphatic carbocycles. The van der Waals surface area contributed by atoms with Crippen molar-refractivity contribution in [3.05, 3.63) is 54.1 Å². The summed E-state index contributed by atoms with van der Waals surface area (Å²) in [5.74, 6) is 0.162. The lowest BCUT2D eigenvalue weighted by Gasteiger charge is -2.25. The minimum Gasteiger partial charge on any atom is -0.496 e. The lowest BCUT2D eigenvalue weighted by Crippen LogP contribution is -2.45. The third-order valence-electron chi connectivity index (χ3n) is 5.83. The van der Waals surface area contributed by atoms with E-state index in [2.05, 4.69) is 9.97 Å². The van der Waals surface area contributed by atoms with E-state index in [1.54, 1.807) is 24.4 Å². The van der Waals surface area contributed by atoms with Crippen molar-refractivity contribution in [2.45, 2.75) is 6.42 Å². The Hall–Kier alpha value is -3.48. The highest BCUT2D eigenvalue weighted by Crippen LogP contribution is 2.36. The number of hydrogen-bond acceptors (Lipinski definition) is 7. The summed E-state index contributed by atoms with van der Waals surface area (Å²) >= 11 is 0. The smallest absolute Gasteiger partial charge is 0.421 e. The molecule has 3 aromatic rings. The summed E-state index contributed by atoms with van der Waals surface area (Å²) in [6.07, 6.45) is 2.83. The van der Waals surface area contributed by atoms with Gasteiger partial charge in [-0.25, -0.2) is 18.9 Å². The number of amides is 1. The second kappa shape index (κ2) is 10.6. The van der Waals surface area contributed by atoms with Crippen LogP contribution in [0.3, 0.4) is 0 Å². The number of pyridine rings is 1. The van der Waals surface area contributed by atoms with Gasteiger partial charge in [0.05, 0.1) is 7.11 Å². The number of aromatic nitrogens is 2. The number of likely N-dealkylation sites (N-methyl/N-ethyl adjacent to an activating group) is 1. The number of benzene rings is 1. The standard InChI is InChI=1S/C24H28FN5O5S/c1-29(2)12-13-35-24(31)28-36(32,33)30-10-7-16(8-11-30)21-15-20-18(6-9-26-23(20)27-21)19-14-17(25)4-5-22(19)34-3/h4-7,9,14-15H,8,10-13H2,1-3H3,(H,26,27)(H,28,31). The fourth-order valence-corrected chi connectivity index (χ4v) is 4.96. The van der Waals surface area contributed by atoms with Gasteiger partial charge in [-0.1, -0.05) is 6.08 Å². The predicted octanol–water partition coefficient (Wildman–Crippen LogP) is 3.00. The van der Waals surface area contributed by atoms with Crippen molar-refractivity contribution >= 4 is 32.9 Å². The molecule has 192 valence electrons. The first-order valence-corrected chi connectivity index (χ1v) is 12.7. The Kier molecular flexibility index (Phi) is 7.57. The molecule has 2 aromatic heterocycles. The number of fused-ring (bicyclic) bond motifs is 1. The van der Waals surface area contributed by atoms with Crippen LogP contribution in [-0.4, -0.2) is 81.1 Å². The van der Waals surface area contributed by atoms with Crippen LogP contribution in [0.1, 0.15) is 12.1 Å². The first kappa shape index (κ1) is 25.6. The van der Waals surface area contributed by atoms with Gasteiger partial charge in [0.25, 0.3) is 0 Å². The number of halogens is 1. The van der Waals surface area contributed by atoms with E-state index in [4.69, 9.17) is 9.47 Å². The molecule has 1 aliphatic rings. The number of aromatic amines is 1. The van der Waals surface area contributed by atoms with Crippen LogP contribution in [0.5, 0.6) is 5.75 Å². The Bertz CT molecular complexity index is 1400. The number of hydrogen-bond donors (Lipinski definition) is 2. The zero-order valence-electron chi connectivity index (χ0n) is 20.2. The Morgan fingerprint density at radius 1 is 1.25 bits per heavy atom. The minimum absolute atomic E-state index is 0.0797. The SMILES string of the molecule is COc1ccc(F)cc1-c1ccnc2[nH]c(C3=CCN(S(=O)(=O)NC(=O)OCCN(C)C)CC3)cc12. The van der Waals surface area contributed by atoms with Gasteiger partial charge in [0, 0.05) is 42.5 Å². The second-order valence-electron chi connectivity index (χ2n) is 8.53. The predicted molar refractivity (Wildman–Crippen MR) is 134 cm³/mol.